The van der Waals surface area contributed by atoms with Crippen LogP contribution in [0.5, 0.6) is 0 Å². The number of carbonyl (C=O) groups excluding carboxylic acids is 1. The van der Waals surface area contributed by atoms with Crippen LogP contribution in [-0.4, -0.2) is 48.7 Å². The number of hydrogen-bond acceptors (Lipinski definition) is 4. The van der Waals surface area contributed by atoms with Gasteiger partial charge in [-0.15, -0.1) is 0 Å². The maximum absolute atomic E-state index is 13.2. The van der Waals surface area contributed by atoms with Gasteiger partial charge in [-0.05, 0) is 42.7 Å². The van der Waals surface area contributed by atoms with E-state index in [1.54, 1.807) is 36.5 Å². The van der Waals surface area contributed by atoms with Crippen LogP contribution in [0.25, 0.3) is 0 Å². The van der Waals surface area contributed by atoms with Gasteiger partial charge in [-0.1, -0.05) is 12.1 Å². The molecule has 10 heteroatoms. The van der Waals surface area contributed by atoms with E-state index in [9.17, 15) is 26.4 Å². The summed E-state index contributed by atoms with van der Waals surface area (Å²) < 4.78 is 66.4. The highest BCUT2D eigenvalue weighted by molar-refractivity contribution is 7.89. The van der Waals surface area contributed by atoms with E-state index in [0.717, 1.165) is 28.1 Å². The molecule has 1 fully saturated rings. The Morgan fingerprint density at radius 2 is 1.73 bits per heavy atom. The molecule has 1 aliphatic rings. The molecule has 30 heavy (non-hydrogen) atoms. The summed E-state index contributed by atoms with van der Waals surface area (Å²) in [6.07, 6.45) is -0.987. The third-order valence-corrected chi connectivity index (χ3v) is 7.12. The number of nitrogens with zero attached hydrogens (tertiary/aromatic N) is 3. The molecule has 0 aliphatic carbocycles. The fraction of sp³-hybridized carbons (Fsp3) is 0.400. The van der Waals surface area contributed by atoms with E-state index in [1.165, 1.54) is 6.07 Å². The molecule has 0 unspecified atom stereocenters. The summed E-state index contributed by atoms with van der Waals surface area (Å²) >= 11 is 0. The van der Waals surface area contributed by atoms with Crippen molar-refractivity contribution in [1.82, 2.24) is 14.2 Å². The normalized spacial score (nSPS) is 16.4. The first-order valence-electron chi connectivity index (χ1n) is 9.41. The lowest BCUT2D eigenvalue weighted by Gasteiger charge is -2.33. The Bertz CT molecular complexity index is 989. The van der Waals surface area contributed by atoms with Crippen LogP contribution in [0.4, 0.5) is 13.2 Å². The third kappa shape index (κ3) is 4.81. The highest BCUT2D eigenvalue weighted by atomic mass is 32.2. The number of benzene rings is 1. The summed E-state index contributed by atoms with van der Waals surface area (Å²) in [5.74, 6) is -0.485. The summed E-state index contributed by atoms with van der Waals surface area (Å²) in [7, 11) is -2.64. The second kappa shape index (κ2) is 8.73. The van der Waals surface area contributed by atoms with Gasteiger partial charge in [-0.25, -0.2) is 8.42 Å². The summed E-state index contributed by atoms with van der Waals surface area (Å²) in [5, 5.41) is 0. The van der Waals surface area contributed by atoms with Crippen molar-refractivity contribution in [1.29, 1.82) is 0 Å². The predicted molar refractivity (Wildman–Crippen MR) is 104 cm³/mol. The molecule has 2 aromatic rings. The summed E-state index contributed by atoms with van der Waals surface area (Å²) in [4.78, 5) is 17.5. The van der Waals surface area contributed by atoms with Gasteiger partial charge in [0.05, 0.1) is 10.5 Å². The molecule has 1 aliphatic heterocycles. The molecular weight excluding hydrogens is 419 g/mol. The number of halogens is 3. The summed E-state index contributed by atoms with van der Waals surface area (Å²) in [6, 6.07) is 7.76. The second-order valence-corrected chi connectivity index (χ2v) is 9.13. The van der Waals surface area contributed by atoms with Crippen molar-refractivity contribution in [3.8, 4) is 0 Å². The Hall–Kier alpha value is -2.46. The SMILES string of the molecule is CN(Cc1ccncc1)C(=O)C1CCN(S(=O)(=O)c2ccccc2C(F)(F)F)CC1. The van der Waals surface area contributed by atoms with Gasteiger partial charge >= 0.3 is 6.18 Å². The molecule has 0 saturated carbocycles. The van der Waals surface area contributed by atoms with Crippen molar-refractivity contribution >= 4 is 15.9 Å². The maximum Gasteiger partial charge on any atom is 0.417 e. The molecule has 3 rings (SSSR count). The summed E-state index contributed by atoms with van der Waals surface area (Å²) in [5.41, 5.74) is -0.259. The predicted octanol–water partition coefficient (Wildman–Crippen LogP) is 3.16. The molecule has 162 valence electrons. The Labute approximate surface area is 173 Å². The first-order chi connectivity index (χ1) is 14.1. The lowest BCUT2D eigenvalue weighted by molar-refractivity contribution is -0.140. The van der Waals surface area contributed by atoms with E-state index < -0.39 is 26.7 Å². The number of piperidine rings is 1. The molecule has 1 aromatic heterocycles. The summed E-state index contributed by atoms with van der Waals surface area (Å²) in [6.45, 7) is 0.390. The first-order valence-corrected chi connectivity index (χ1v) is 10.8. The van der Waals surface area contributed by atoms with Crippen LogP contribution < -0.4 is 0 Å². The monoisotopic (exact) mass is 441 g/mol. The number of sulfonamides is 1. The van der Waals surface area contributed by atoms with Crippen molar-refractivity contribution < 1.29 is 26.4 Å². The number of rotatable bonds is 5. The van der Waals surface area contributed by atoms with E-state index >= 15 is 0 Å². The largest absolute Gasteiger partial charge is 0.417 e. The Balaban J connectivity index is 1.67. The third-order valence-electron chi connectivity index (χ3n) is 5.16. The lowest BCUT2D eigenvalue weighted by Crippen LogP contribution is -2.43. The number of hydrogen-bond donors (Lipinski definition) is 0. The number of alkyl halides is 3. The molecule has 0 radical (unpaired) electrons. The zero-order valence-corrected chi connectivity index (χ0v) is 17.2. The molecular formula is C20H22F3N3O3S. The molecule has 6 nitrogen and oxygen atoms in total. The van der Waals surface area contributed by atoms with Crippen molar-refractivity contribution in [3.05, 3.63) is 59.9 Å². The van der Waals surface area contributed by atoms with Gasteiger partial charge < -0.3 is 4.90 Å². The van der Waals surface area contributed by atoms with Crippen molar-refractivity contribution in [3.63, 3.8) is 0 Å². The van der Waals surface area contributed by atoms with Gasteiger partial charge in [0.25, 0.3) is 0 Å². The minimum atomic E-state index is -4.77. The van der Waals surface area contributed by atoms with E-state index in [-0.39, 0.29) is 37.8 Å². The zero-order valence-electron chi connectivity index (χ0n) is 16.3. The molecule has 1 saturated heterocycles. The Kier molecular flexibility index (Phi) is 6.47. The number of amides is 1. The quantitative estimate of drug-likeness (QED) is 0.715. The van der Waals surface area contributed by atoms with Crippen LogP contribution in [0.15, 0.2) is 53.7 Å². The van der Waals surface area contributed by atoms with E-state index in [0.29, 0.717) is 6.54 Å². The molecule has 0 N–H and O–H groups in total. The van der Waals surface area contributed by atoms with Crippen LogP contribution >= 0.6 is 0 Å². The van der Waals surface area contributed by atoms with Gasteiger partial charge in [0.15, 0.2) is 0 Å². The molecule has 1 aromatic carbocycles. The molecule has 0 spiro atoms. The fourth-order valence-electron chi connectivity index (χ4n) is 3.56. The average molecular weight is 441 g/mol. The van der Waals surface area contributed by atoms with Crippen molar-refractivity contribution in [2.75, 3.05) is 20.1 Å². The minimum absolute atomic E-state index is 0.00592. The molecule has 1 amide bonds. The molecule has 0 bridgehead atoms. The van der Waals surface area contributed by atoms with E-state index in [2.05, 4.69) is 4.98 Å². The van der Waals surface area contributed by atoms with Crippen LogP contribution in [0.2, 0.25) is 0 Å². The van der Waals surface area contributed by atoms with Gasteiger partial charge in [-0.3, -0.25) is 9.78 Å². The Morgan fingerprint density at radius 1 is 1.13 bits per heavy atom. The van der Waals surface area contributed by atoms with Crippen molar-refractivity contribution in [2.45, 2.75) is 30.5 Å². The smallest absolute Gasteiger partial charge is 0.341 e. The number of carbonyl (C=O) groups is 1. The maximum atomic E-state index is 13.2. The standard InChI is InChI=1S/C20H22F3N3O3S/c1-25(14-15-6-10-24-11-7-15)19(27)16-8-12-26(13-9-16)30(28,29)18-5-3-2-4-17(18)20(21,22)23/h2-7,10-11,16H,8-9,12-14H2,1H3. The molecule has 2 heterocycles. The highest BCUT2D eigenvalue weighted by Gasteiger charge is 2.40. The van der Waals surface area contributed by atoms with Gasteiger partial charge in [-0.2, -0.15) is 17.5 Å². The van der Waals surface area contributed by atoms with Gasteiger partial charge in [0, 0.05) is 45.0 Å². The average Bonchev–Trinajstić information content (AvgIpc) is 2.73. The lowest BCUT2D eigenvalue weighted by atomic mass is 9.96. The molecule has 0 atom stereocenters. The van der Waals surface area contributed by atoms with Crippen LogP contribution in [0, 0.1) is 5.92 Å². The van der Waals surface area contributed by atoms with Crippen LogP contribution in [-0.2, 0) is 27.5 Å². The van der Waals surface area contributed by atoms with E-state index in [1.807, 2.05) is 0 Å². The van der Waals surface area contributed by atoms with Crippen molar-refractivity contribution in [2.24, 2.45) is 5.92 Å². The zero-order chi connectivity index (χ0) is 21.9. The number of aromatic nitrogens is 1. The first kappa shape index (κ1) is 22.2. The van der Waals surface area contributed by atoms with Gasteiger partial charge in [0.2, 0.25) is 15.9 Å². The van der Waals surface area contributed by atoms with Gasteiger partial charge in [0.1, 0.15) is 0 Å². The highest BCUT2D eigenvalue weighted by Crippen LogP contribution is 2.36. The topological polar surface area (TPSA) is 70.6 Å². The fourth-order valence-corrected chi connectivity index (χ4v) is 5.24. The second-order valence-electron chi connectivity index (χ2n) is 7.22. The Morgan fingerprint density at radius 3 is 2.33 bits per heavy atom. The van der Waals surface area contributed by atoms with E-state index in [4.69, 9.17) is 0 Å². The van der Waals surface area contributed by atoms with Crippen LogP contribution in [0.3, 0.4) is 0 Å². The number of pyridine rings is 1. The van der Waals surface area contributed by atoms with Crippen LogP contribution in [0.1, 0.15) is 24.0 Å². The minimum Gasteiger partial charge on any atom is -0.341 e.